The Kier molecular flexibility index (Phi) is 4.75. The van der Waals surface area contributed by atoms with Crippen molar-refractivity contribution < 1.29 is 19.0 Å². The van der Waals surface area contributed by atoms with Gasteiger partial charge in [0.25, 0.3) is 0 Å². The number of methoxy groups -OCH3 is 2. The van der Waals surface area contributed by atoms with E-state index in [-0.39, 0.29) is 6.29 Å². The summed E-state index contributed by atoms with van der Waals surface area (Å²) in [7, 11) is 3.16. The van der Waals surface area contributed by atoms with Gasteiger partial charge in [0.2, 0.25) is 0 Å². The van der Waals surface area contributed by atoms with Gasteiger partial charge in [-0.15, -0.1) is 0 Å². The first kappa shape index (κ1) is 12.5. The summed E-state index contributed by atoms with van der Waals surface area (Å²) in [6, 6.07) is 6.98. The summed E-state index contributed by atoms with van der Waals surface area (Å²) in [5.74, 6) is 0.419. The normalized spacial score (nSPS) is 10.4. The minimum absolute atomic E-state index is 0.275. The fraction of sp³-hybridized carbons (Fsp3) is 0.364. The van der Waals surface area contributed by atoms with Crippen molar-refractivity contribution >= 4 is 6.09 Å². The van der Waals surface area contributed by atoms with Crippen molar-refractivity contribution in [3.05, 3.63) is 29.8 Å². The summed E-state index contributed by atoms with van der Waals surface area (Å²) in [5, 5.41) is 0. The van der Waals surface area contributed by atoms with Crippen LogP contribution in [0.5, 0.6) is 5.75 Å². The molecule has 0 bridgehead atoms. The van der Waals surface area contributed by atoms with Gasteiger partial charge in [0.1, 0.15) is 5.75 Å². The predicted molar refractivity (Wildman–Crippen MR) is 58.2 cm³/mol. The lowest BCUT2D eigenvalue weighted by Gasteiger charge is -2.13. The van der Waals surface area contributed by atoms with Gasteiger partial charge in [0.15, 0.2) is 6.29 Å². The van der Waals surface area contributed by atoms with Crippen LogP contribution in [0.3, 0.4) is 0 Å². The Hall–Kier alpha value is -1.59. The monoisotopic (exact) mass is 225 g/mol. The average Bonchev–Trinajstić information content (AvgIpc) is 2.27. The number of rotatable bonds is 5. The molecule has 0 aliphatic rings. The number of hydrogen-bond acceptors (Lipinski definition) is 4. The molecule has 0 saturated heterocycles. The van der Waals surface area contributed by atoms with Gasteiger partial charge in [0.05, 0.1) is 0 Å². The lowest BCUT2D eigenvalue weighted by atomic mass is 10.1. The van der Waals surface area contributed by atoms with Crippen LogP contribution in [0.4, 0.5) is 4.79 Å². The summed E-state index contributed by atoms with van der Waals surface area (Å²) < 4.78 is 14.8. The molecule has 5 heteroatoms. The average molecular weight is 225 g/mol. The molecule has 5 nitrogen and oxygen atoms in total. The van der Waals surface area contributed by atoms with Crippen molar-refractivity contribution in [2.24, 2.45) is 5.73 Å². The Morgan fingerprint density at radius 2 is 1.81 bits per heavy atom. The van der Waals surface area contributed by atoms with E-state index in [4.69, 9.17) is 19.9 Å². The third-order valence-electron chi connectivity index (χ3n) is 2.07. The second kappa shape index (κ2) is 6.09. The summed E-state index contributed by atoms with van der Waals surface area (Å²) >= 11 is 0. The molecule has 0 spiro atoms. The molecule has 0 heterocycles. The van der Waals surface area contributed by atoms with Crippen molar-refractivity contribution in [1.82, 2.24) is 0 Å². The first-order chi connectivity index (χ1) is 7.65. The van der Waals surface area contributed by atoms with Crippen LogP contribution in [0, 0.1) is 0 Å². The molecule has 0 unspecified atom stereocenters. The highest BCUT2D eigenvalue weighted by molar-refractivity contribution is 5.67. The zero-order valence-corrected chi connectivity index (χ0v) is 9.30. The third-order valence-corrected chi connectivity index (χ3v) is 2.07. The highest BCUT2D eigenvalue weighted by Gasteiger charge is 2.06. The molecule has 0 atom stereocenters. The van der Waals surface area contributed by atoms with E-state index in [1.807, 2.05) is 12.1 Å². The maximum atomic E-state index is 10.5. The molecule has 0 radical (unpaired) electrons. The highest BCUT2D eigenvalue weighted by Crippen LogP contribution is 2.14. The molecule has 88 valence electrons. The number of benzene rings is 1. The molecule has 2 N–H and O–H groups in total. The fourth-order valence-corrected chi connectivity index (χ4v) is 1.27. The molecule has 0 aliphatic heterocycles. The van der Waals surface area contributed by atoms with Crippen molar-refractivity contribution in [1.29, 1.82) is 0 Å². The van der Waals surface area contributed by atoms with Crippen LogP contribution in [-0.4, -0.2) is 26.6 Å². The van der Waals surface area contributed by atoms with Crippen molar-refractivity contribution in [2.45, 2.75) is 12.7 Å². The molecule has 16 heavy (non-hydrogen) atoms. The molecule has 1 aromatic rings. The molecular formula is C11H15NO4. The van der Waals surface area contributed by atoms with Gasteiger partial charge < -0.3 is 19.9 Å². The van der Waals surface area contributed by atoms with E-state index in [0.717, 1.165) is 5.56 Å². The smallest absolute Gasteiger partial charge is 0.409 e. The van der Waals surface area contributed by atoms with Crippen LogP contribution in [0.1, 0.15) is 5.56 Å². The molecule has 1 rings (SSSR count). The Morgan fingerprint density at radius 3 is 2.25 bits per heavy atom. The summed E-state index contributed by atoms with van der Waals surface area (Å²) in [6.45, 7) is 0. The molecule has 0 aromatic heterocycles. The van der Waals surface area contributed by atoms with Crippen LogP contribution < -0.4 is 10.5 Å². The van der Waals surface area contributed by atoms with Gasteiger partial charge in [-0.05, 0) is 17.7 Å². The van der Waals surface area contributed by atoms with Gasteiger partial charge >= 0.3 is 6.09 Å². The number of amides is 1. The lowest BCUT2D eigenvalue weighted by Crippen LogP contribution is -2.17. The first-order valence-electron chi connectivity index (χ1n) is 4.77. The van der Waals surface area contributed by atoms with Gasteiger partial charge in [-0.2, -0.15) is 0 Å². The summed E-state index contributed by atoms with van der Waals surface area (Å²) in [6.07, 6.45) is -0.466. The number of nitrogens with two attached hydrogens (primary N) is 1. The van der Waals surface area contributed by atoms with Crippen molar-refractivity contribution in [2.75, 3.05) is 14.2 Å². The number of primary amides is 1. The fourth-order valence-electron chi connectivity index (χ4n) is 1.27. The zero-order chi connectivity index (χ0) is 12.0. The minimum atomic E-state index is -0.820. The Labute approximate surface area is 94.1 Å². The Bertz CT molecular complexity index is 332. The number of ether oxygens (including phenoxy) is 3. The largest absolute Gasteiger partial charge is 0.411 e. The van der Waals surface area contributed by atoms with Gasteiger partial charge in [-0.3, -0.25) is 0 Å². The Morgan fingerprint density at radius 1 is 1.25 bits per heavy atom. The van der Waals surface area contributed by atoms with Crippen LogP contribution >= 0.6 is 0 Å². The molecular weight excluding hydrogens is 210 g/mol. The van der Waals surface area contributed by atoms with Gasteiger partial charge in [0, 0.05) is 20.6 Å². The van der Waals surface area contributed by atoms with E-state index in [0.29, 0.717) is 12.2 Å². The molecule has 0 aliphatic carbocycles. The molecule has 0 saturated carbocycles. The summed E-state index contributed by atoms with van der Waals surface area (Å²) in [4.78, 5) is 10.5. The summed E-state index contributed by atoms with van der Waals surface area (Å²) in [5.41, 5.74) is 5.90. The highest BCUT2D eigenvalue weighted by atomic mass is 16.7. The number of carbonyl (C=O) groups is 1. The second-order valence-electron chi connectivity index (χ2n) is 3.17. The maximum Gasteiger partial charge on any atom is 0.409 e. The van der Waals surface area contributed by atoms with Gasteiger partial charge in [-0.1, -0.05) is 12.1 Å². The van der Waals surface area contributed by atoms with Crippen LogP contribution in [0.25, 0.3) is 0 Å². The van der Waals surface area contributed by atoms with E-state index >= 15 is 0 Å². The minimum Gasteiger partial charge on any atom is -0.411 e. The lowest BCUT2D eigenvalue weighted by molar-refractivity contribution is -0.100. The molecule has 1 amide bonds. The topological polar surface area (TPSA) is 70.8 Å². The van der Waals surface area contributed by atoms with E-state index in [1.165, 1.54) is 0 Å². The number of carbonyl (C=O) groups excluding carboxylic acids is 1. The quantitative estimate of drug-likeness (QED) is 0.767. The molecule has 0 fully saturated rings. The number of hydrogen-bond donors (Lipinski definition) is 1. The van der Waals surface area contributed by atoms with Crippen molar-refractivity contribution in [3.8, 4) is 5.75 Å². The van der Waals surface area contributed by atoms with Crippen molar-refractivity contribution in [3.63, 3.8) is 0 Å². The van der Waals surface area contributed by atoms with Crippen LogP contribution in [0.2, 0.25) is 0 Å². The van der Waals surface area contributed by atoms with E-state index < -0.39 is 6.09 Å². The third kappa shape index (κ3) is 3.88. The van der Waals surface area contributed by atoms with Crippen LogP contribution in [-0.2, 0) is 15.9 Å². The zero-order valence-electron chi connectivity index (χ0n) is 9.30. The SMILES string of the molecule is COC(Cc1ccc(OC(N)=O)cc1)OC. The van der Waals surface area contributed by atoms with E-state index in [9.17, 15) is 4.79 Å². The molecule has 1 aromatic carbocycles. The van der Waals surface area contributed by atoms with Crippen LogP contribution in [0.15, 0.2) is 24.3 Å². The van der Waals surface area contributed by atoms with Gasteiger partial charge in [-0.25, -0.2) is 4.79 Å². The standard InChI is InChI=1S/C11H15NO4/c1-14-10(15-2)7-8-3-5-9(6-4-8)16-11(12)13/h3-6,10H,7H2,1-2H3,(H2,12,13). The Balaban J connectivity index is 2.60. The maximum absolute atomic E-state index is 10.5. The van der Waals surface area contributed by atoms with E-state index in [2.05, 4.69) is 0 Å². The van der Waals surface area contributed by atoms with E-state index in [1.54, 1.807) is 26.4 Å². The predicted octanol–water partition coefficient (Wildman–Crippen LogP) is 1.31. The first-order valence-corrected chi connectivity index (χ1v) is 4.77. The second-order valence-corrected chi connectivity index (χ2v) is 3.17.